The number of methoxy groups -OCH3 is 1. The third-order valence-electron chi connectivity index (χ3n) is 5.23. The third-order valence-corrected chi connectivity index (χ3v) is 7.13. The van der Waals surface area contributed by atoms with Crippen LogP contribution < -0.4 is 10.1 Å². The molecule has 6 nitrogen and oxygen atoms in total. The van der Waals surface area contributed by atoms with Gasteiger partial charge in [-0.2, -0.15) is 4.31 Å². The van der Waals surface area contributed by atoms with Gasteiger partial charge < -0.3 is 10.1 Å². The molecule has 2 aromatic carbocycles. The zero-order chi connectivity index (χ0) is 20.4. The zero-order valence-corrected chi connectivity index (χ0v) is 17.5. The number of piperidine rings is 1. The quantitative estimate of drug-likeness (QED) is 0.671. The normalized spacial score (nSPS) is 15.4. The van der Waals surface area contributed by atoms with Gasteiger partial charge in [-0.1, -0.05) is 12.5 Å². The average Bonchev–Trinajstić information content (AvgIpc) is 2.74. The molecule has 0 bridgehead atoms. The van der Waals surface area contributed by atoms with Crippen LogP contribution in [0.25, 0.3) is 10.9 Å². The molecule has 1 aliphatic heterocycles. The van der Waals surface area contributed by atoms with E-state index >= 15 is 0 Å². The summed E-state index contributed by atoms with van der Waals surface area (Å²) in [5.41, 5.74) is 2.68. The first-order valence-electron chi connectivity index (χ1n) is 9.80. The number of fused-ring (bicyclic) bond motifs is 1. The molecule has 0 amide bonds. The predicted octanol–water partition coefficient (Wildman–Crippen LogP) is 4.47. The molecular weight excluding hydrogens is 386 g/mol. The number of aryl methyl sites for hydroxylation is 1. The molecule has 1 aromatic heterocycles. The first kappa shape index (κ1) is 19.7. The highest BCUT2D eigenvalue weighted by Gasteiger charge is 2.26. The van der Waals surface area contributed by atoms with Crippen LogP contribution in [0.2, 0.25) is 0 Å². The summed E-state index contributed by atoms with van der Waals surface area (Å²) in [7, 11) is -1.82. The number of sulfonamides is 1. The second-order valence-electron chi connectivity index (χ2n) is 7.34. The summed E-state index contributed by atoms with van der Waals surface area (Å²) in [5, 5.41) is 4.09. The molecule has 29 heavy (non-hydrogen) atoms. The van der Waals surface area contributed by atoms with Crippen molar-refractivity contribution in [2.45, 2.75) is 31.1 Å². The van der Waals surface area contributed by atoms with Crippen LogP contribution >= 0.6 is 0 Å². The van der Waals surface area contributed by atoms with E-state index < -0.39 is 10.0 Å². The van der Waals surface area contributed by atoms with E-state index in [-0.39, 0.29) is 0 Å². The number of hydrogen-bond donors (Lipinski definition) is 1. The Morgan fingerprint density at radius 1 is 1.00 bits per heavy atom. The lowest BCUT2D eigenvalue weighted by Gasteiger charge is -2.25. The molecule has 1 aliphatic rings. The van der Waals surface area contributed by atoms with E-state index in [0.717, 1.165) is 47.2 Å². The fourth-order valence-corrected chi connectivity index (χ4v) is 5.20. The van der Waals surface area contributed by atoms with E-state index in [9.17, 15) is 8.42 Å². The van der Waals surface area contributed by atoms with Gasteiger partial charge >= 0.3 is 0 Å². The zero-order valence-electron chi connectivity index (χ0n) is 16.7. The summed E-state index contributed by atoms with van der Waals surface area (Å²) in [4.78, 5) is 4.96. The van der Waals surface area contributed by atoms with E-state index in [1.54, 1.807) is 29.6 Å². The van der Waals surface area contributed by atoms with Crippen molar-refractivity contribution in [3.05, 3.63) is 54.1 Å². The third kappa shape index (κ3) is 4.06. The topological polar surface area (TPSA) is 71.5 Å². The van der Waals surface area contributed by atoms with E-state index in [2.05, 4.69) is 10.3 Å². The summed E-state index contributed by atoms with van der Waals surface area (Å²) < 4.78 is 32.8. The fourth-order valence-electron chi connectivity index (χ4n) is 3.65. The highest BCUT2D eigenvalue weighted by Crippen LogP contribution is 2.29. The van der Waals surface area contributed by atoms with Gasteiger partial charge in [-0.25, -0.2) is 13.4 Å². The summed E-state index contributed by atoms with van der Waals surface area (Å²) in [6.45, 7) is 3.21. The van der Waals surface area contributed by atoms with Gasteiger partial charge in [0.1, 0.15) is 11.6 Å². The Balaban J connectivity index is 1.63. The number of hydrogen-bond acceptors (Lipinski definition) is 5. The minimum absolute atomic E-state index is 0.328. The van der Waals surface area contributed by atoms with E-state index in [1.807, 2.05) is 37.3 Å². The molecule has 3 aromatic rings. The first-order chi connectivity index (χ1) is 14.0. The molecule has 0 saturated carbocycles. The van der Waals surface area contributed by atoms with Gasteiger partial charge in [-0.15, -0.1) is 0 Å². The highest BCUT2D eigenvalue weighted by molar-refractivity contribution is 7.89. The van der Waals surface area contributed by atoms with Crippen molar-refractivity contribution >= 4 is 32.4 Å². The SMILES string of the molecule is COc1ccc(C)cc1Nc1ccc2cc(S(=O)(=O)N3CCCCC3)ccc2n1. The number of benzene rings is 2. The molecule has 1 fully saturated rings. The Kier molecular flexibility index (Phi) is 5.43. The molecule has 2 heterocycles. The number of nitrogens with one attached hydrogen (secondary N) is 1. The van der Waals surface area contributed by atoms with Crippen molar-refractivity contribution in [3.63, 3.8) is 0 Å². The van der Waals surface area contributed by atoms with Crippen molar-refractivity contribution in [3.8, 4) is 5.75 Å². The van der Waals surface area contributed by atoms with Crippen LogP contribution in [0.1, 0.15) is 24.8 Å². The Bertz CT molecular complexity index is 1140. The first-order valence-corrected chi connectivity index (χ1v) is 11.2. The van der Waals surface area contributed by atoms with Crippen LogP contribution in [0.5, 0.6) is 5.75 Å². The molecule has 0 atom stereocenters. The van der Waals surface area contributed by atoms with Crippen LogP contribution in [-0.2, 0) is 10.0 Å². The second kappa shape index (κ2) is 8.00. The molecule has 7 heteroatoms. The van der Waals surface area contributed by atoms with Gasteiger partial charge in [0.05, 0.1) is 23.2 Å². The Morgan fingerprint density at radius 3 is 2.55 bits per heavy atom. The molecule has 0 aliphatic carbocycles. The van der Waals surface area contributed by atoms with Crippen LogP contribution in [0.15, 0.2) is 53.4 Å². The highest BCUT2D eigenvalue weighted by atomic mass is 32.2. The van der Waals surface area contributed by atoms with E-state index in [4.69, 9.17) is 4.74 Å². The van der Waals surface area contributed by atoms with Crippen molar-refractivity contribution in [2.75, 3.05) is 25.5 Å². The number of pyridine rings is 1. The van der Waals surface area contributed by atoms with Crippen LogP contribution in [-0.4, -0.2) is 37.9 Å². The largest absolute Gasteiger partial charge is 0.495 e. The molecule has 1 N–H and O–H groups in total. The Hall–Kier alpha value is -2.64. The van der Waals surface area contributed by atoms with Gasteiger partial charge in [0.25, 0.3) is 0 Å². The predicted molar refractivity (Wildman–Crippen MR) is 115 cm³/mol. The van der Waals surface area contributed by atoms with Gasteiger partial charge in [-0.3, -0.25) is 0 Å². The van der Waals surface area contributed by atoms with Crippen LogP contribution in [0.4, 0.5) is 11.5 Å². The maximum atomic E-state index is 12.9. The van der Waals surface area contributed by atoms with E-state index in [0.29, 0.717) is 23.8 Å². The summed E-state index contributed by atoms with van der Waals surface area (Å²) in [5.74, 6) is 1.41. The Labute approximate surface area is 171 Å². The molecule has 0 unspecified atom stereocenters. The summed E-state index contributed by atoms with van der Waals surface area (Å²) in [6, 6.07) is 14.8. The maximum Gasteiger partial charge on any atom is 0.243 e. The lowest BCUT2D eigenvalue weighted by Crippen LogP contribution is -2.35. The van der Waals surface area contributed by atoms with Crippen molar-refractivity contribution in [2.24, 2.45) is 0 Å². The molecule has 0 spiro atoms. The minimum Gasteiger partial charge on any atom is -0.495 e. The van der Waals surface area contributed by atoms with Gasteiger partial charge in [0.15, 0.2) is 0 Å². The number of rotatable bonds is 5. The number of anilines is 2. The monoisotopic (exact) mass is 411 g/mol. The maximum absolute atomic E-state index is 12.9. The second-order valence-corrected chi connectivity index (χ2v) is 9.28. The molecule has 1 saturated heterocycles. The van der Waals surface area contributed by atoms with Crippen molar-refractivity contribution in [1.82, 2.24) is 9.29 Å². The van der Waals surface area contributed by atoms with Gasteiger partial charge in [0.2, 0.25) is 10.0 Å². The molecule has 0 radical (unpaired) electrons. The van der Waals surface area contributed by atoms with Crippen molar-refractivity contribution < 1.29 is 13.2 Å². The lowest BCUT2D eigenvalue weighted by molar-refractivity contribution is 0.346. The molecular formula is C22H25N3O3S. The molecule has 152 valence electrons. The fraction of sp³-hybridized carbons (Fsp3) is 0.318. The summed E-state index contributed by atoms with van der Waals surface area (Å²) in [6.07, 6.45) is 2.94. The van der Waals surface area contributed by atoms with Crippen LogP contribution in [0.3, 0.4) is 0 Å². The average molecular weight is 412 g/mol. The van der Waals surface area contributed by atoms with Crippen molar-refractivity contribution in [1.29, 1.82) is 0 Å². The summed E-state index contributed by atoms with van der Waals surface area (Å²) >= 11 is 0. The van der Waals surface area contributed by atoms with Crippen LogP contribution in [0, 0.1) is 6.92 Å². The van der Waals surface area contributed by atoms with Gasteiger partial charge in [0, 0.05) is 18.5 Å². The lowest BCUT2D eigenvalue weighted by atomic mass is 10.2. The number of aromatic nitrogens is 1. The minimum atomic E-state index is -3.45. The molecule has 4 rings (SSSR count). The standard InChI is InChI=1S/C22H25N3O3S/c1-16-6-10-21(28-2)20(14-16)24-22-11-7-17-15-18(8-9-19(17)23-22)29(26,27)25-12-4-3-5-13-25/h6-11,14-15H,3-5,12-13H2,1-2H3,(H,23,24). The number of nitrogens with zero attached hydrogens (tertiary/aromatic N) is 2. The number of ether oxygens (including phenoxy) is 1. The van der Waals surface area contributed by atoms with Gasteiger partial charge in [-0.05, 0) is 67.8 Å². The Morgan fingerprint density at radius 2 is 1.79 bits per heavy atom. The van der Waals surface area contributed by atoms with E-state index in [1.165, 1.54) is 0 Å². The smallest absolute Gasteiger partial charge is 0.243 e.